The number of benzene rings is 2. The van der Waals surface area contributed by atoms with E-state index < -0.39 is 23.8 Å². The second kappa shape index (κ2) is 12.0. The number of carbonyl (C=O) groups is 3. The molecule has 11 nitrogen and oxygen atoms in total. The number of aromatic nitrogens is 5. The molecule has 2 aromatic heterocycles. The van der Waals surface area contributed by atoms with Crippen molar-refractivity contribution in [1.82, 2.24) is 30.5 Å². The molecule has 1 atom stereocenters. The first-order valence-electron chi connectivity index (χ1n) is 10.8. The maximum Gasteiger partial charge on any atom is 0.357 e. The number of amides is 2. The SMILES string of the molecule is COC(=O)c1csc(NC(=O)[C@H](Cc2ccccc2)NC(=O)/C=C/c2cc(Cl)ccc2-n2cnnn2)n1. The normalized spacial score (nSPS) is 11.7. The van der Waals surface area contributed by atoms with Crippen molar-refractivity contribution >= 4 is 51.9 Å². The molecule has 37 heavy (non-hydrogen) atoms. The number of hydrogen-bond donors (Lipinski definition) is 2. The van der Waals surface area contributed by atoms with Crippen LogP contribution >= 0.6 is 22.9 Å². The standard InChI is InChI=1S/C24H20ClN7O4S/c1-36-23(35)19-13-37-24(28-19)29-22(34)18(11-15-5-3-2-4-6-15)27-21(33)10-7-16-12-17(25)8-9-20(16)32-14-26-30-31-32/h2-10,12-14,18H,11H2,1H3,(H,27,33)(H,28,29,34)/b10-7+/t18-/m0/s1. The maximum absolute atomic E-state index is 13.1. The molecule has 2 N–H and O–H groups in total. The highest BCUT2D eigenvalue weighted by Gasteiger charge is 2.22. The van der Waals surface area contributed by atoms with Gasteiger partial charge >= 0.3 is 5.97 Å². The third-order valence-corrected chi connectivity index (χ3v) is 6.04. The number of carbonyl (C=O) groups excluding carboxylic acids is 3. The van der Waals surface area contributed by atoms with E-state index in [-0.39, 0.29) is 17.2 Å². The minimum Gasteiger partial charge on any atom is -0.464 e. The minimum atomic E-state index is -0.927. The van der Waals surface area contributed by atoms with Crippen molar-refractivity contribution in [2.45, 2.75) is 12.5 Å². The third-order valence-electron chi connectivity index (χ3n) is 5.04. The number of methoxy groups -OCH3 is 1. The minimum absolute atomic E-state index is 0.0780. The second-order valence-corrected chi connectivity index (χ2v) is 8.86. The summed E-state index contributed by atoms with van der Waals surface area (Å²) < 4.78 is 6.08. The van der Waals surface area contributed by atoms with Crippen LogP contribution in [0.2, 0.25) is 5.02 Å². The molecule has 0 spiro atoms. The van der Waals surface area contributed by atoms with Gasteiger partial charge in [0.1, 0.15) is 12.4 Å². The Morgan fingerprint density at radius 1 is 1.19 bits per heavy atom. The molecule has 2 aromatic carbocycles. The molecule has 0 saturated heterocycles. The zero-order valence-corrected chi connectivity index (χ0v) is 20.9. The first-order valence-corrected chi connectivity index (χ1v) is 12.1. The Labute approximate surface area is 220 Å². The molecule has 4 aromatic rings. The molecule has 13 heteroatoms. The molecular formula is C24H20ClN7O4S. The Hall–Kier alpha value is -4.42. The molecule has 0 radical (unpaired) electrons. The molecule has 0 aliphatic heterocycles. The largest absolute Gasteiger partial charge is 0.464 e. The molecule has 2 heterocycles. The first kappa shape index (κ1) is 25.7. The van der Waals surface area contributed by atoms with Gasteiger partial charge in [-0.05, 0) is 40.3 Å². The van der Waals surface area contributed by atoms with Gasteiger partial charge in [0.05, 0.1) is 12.8 Å². The fourth-order valence-corrected chi connectivity index (χ4v) is 4.17. The van der Waals surface area contributed by atoms with Crippen LogP contribution in [0.4, 0.5) is 5.13 Å². The van der Waals surface area contributed by atoms with E-state index in [9.17, 15) is 14.4 Å². The summed E-state index contributed by atoms with van der Waals surface area (Å²) in [6.07, 6.45) is 4.50. The summed E-state index contributed by atoms with van der Waals surface area (Å²) in [7, 11) is 1.24. The number of anilines is 1. The van der Waals surface area contributed by atoms with Crippen LogP contribution in [-0.2, 0) is 20.7 Å². The van der Waals surface area contributed by atoms with Crippen LogP contribution in [0.15, 0.2) is 66.3 Å². The van der Waals surface area contributed by atoms with Gasteiger partial charge in [0.15, 0.2) is 10.8 Å². The quantitative estimate of drug-likeness (QED) is 0.245. The number of esters is 1. The summed E-state index contributed by atoms with van der Waals surface area (Å²) in [5, 5.41) is 18.7. The lowest BCUT2D eigenvalue weighted by molar-refractivity contribution is -0.123. The lowest BCUT2D eigenvalue weighted by Gasteiger charge is -2.17. The van der Waals surface area contributed by atoms with Crippen molar-refractivity contribution in [1.29, 1.82) is 0 Å². The average molecular weight is 538 g/mol. The molecular weight excluding hydrogens is 518 g/mol. The highest BCUT2D eigenvalue weighted by Crippen LogP contribution is 2.20. The fourth-order valence-electron chi connectivity index (χ4n) is 3.31. The van der Waals surface area contributed by atoms with Gasteiger partial charge in [-0.2, -0.15) is 4.68 Å². The van der Waals surface area contributed by atoms with E-state index in [0.717, 1.165) is 16.9 Å². The number of nitrogens with zero attached hydrogens (tertiary/aromatic N) is 5. The summed E-state index contributed by atoms with van der Waals surface area (Å²) in [5.74, 6) is -1.61. The van der Waals surface area contributed by atoms with Crippen LogP contribution in [0.1, 0.15) is 21.6 Å². The van der Waals surface area contributed by atoms with Gasteiger partial charge in [-0.3, -0.25) is 9.59 Å². The molecule has 0 saturated carbocycles. The number of tetrazole rings is 1. The number of ether oxygens (including phenoxy) is 1. The van der Waals surface area contributed by atoms with E-state index in [1.165, 1.54) is 29.6 Å². The number of rotatable bonds is 9. The molecule has 0 unspecified atom stereocenters. The number of nitrogens with one attached hydrogen (secondary N) is 2. The molecule has 0 aliphatic rings. The van der Waals surface area contributed by atoms with Gasteiger partial charge in [0.25, 0.3) is 0 Å². The van der Waals surface area contributed by atoms with Crippen LogP contribution in [0.25, 0.3) is 11.8 Å². The highest BCUT2D eigenvalue weighted by atomic mass is 35.5. The second-order valence-electron chi connectivity index (χ2n) is 7.56. The van der Waals surface area contributed by atoms with E-state index in [1.54, 1.807) is 24.3 Å². The van der Waals surface area contributed by atoms with Gasteiger partial charge in [0, 0.05) is 28.5 Å². The van der Waals surface area contributed by atoms with E-state index in [4.69, 9.17) is 11.6 Å². The Morgan fingerprint density at radius 2 is 2.00 bits per heavy atom. The summed E-state index contributed by atoms with van der Waals surface area (Å²) in [6, 6.07) is 13.4. The Morgan fingerprint density at radius 3 is 2.73 bits per heavy atom. The zero-order chi connectivity index (χ0) is 26.2. The van der Waals surface area contributed by atoms with Crippen LogP contribution in [0.3, 0.4) is 0 Å². The maximum atomic E-state index is 13.1. The fraction of sp³-hybridized carbons (Fsp3) is 0.125. The lowest BCUT2D eigenvalue weighted by atomic mass is 10.1. The van der Waals surface area contributed by atoms with Gasteiger partial charge in [-0.15, -0.1) is 16.4 Å². The van der Waals surface area contributed by atoms with Crippen LogP contribution in [0.5, 0.6) is 0 Å². The van der Waals surface area contributed by atoms with Crippen LogP contribution < -0.4 is 10.6 Å². The highest BCUT2D eigenvalue weighted by molar-refractivity contribution is 7.14. The summed E-state index contributed by atoms with van der Waals surface area (Å²) in [5.41, 5.74) is 2.13. The van der Waals surface area contributed by atoms with Crippen molar-refractivity contribution in [3.8, 4) is 5.69 Å². The lowest BCUT2D eigenvalue weighted by Crippen LogP contribution is -2.44. The summed E-state index contributed by atoms with van der Waals surface area (Å²) in [4.78, 5) is 41.7. The predicted molar refractivity (Wildman–Crippen MR) is 137 cm³/mol. The molecule has 4 rings (SSSR count). The van der Waals surface area contributed by atoms with Crippen LogP contribution in [0, 0.1) is 0 Å². The van der Waals surface area contributed by atoms with Crippen LogP contribution in [-0.4, -0.2) is 56.1 Å². The number of halogens is 1. The van der Waals surface area contributed by atoms with E-state index in [1.807, 2.05) is 30.3 Å². The van der Waals surface area contributed by atoms with Crippen molar-refractivity contribution in [2.75, 3.05) is 12.4 Å². The molecule has 0 bridgehead atoms. The number of thiazole rings is 1. The Balaban J connectivity index is 1.51. The van der Waals surface area contributed by atoms with Crippen molar-refractivity contribution < 1.29 is 19.1 Å². The zero-order valence-electron chi connectivity index (χ0n) is 19.4. The van der Waals surface area contributed by atoms with E-state index in [2.05, 4.69) is 35.9 Å². The van der Waals surface area contributed by atoms with Crippen molar-refractivity contribution in [3.63, 3.8) is 0 Å². The smallest absolute Gasteiger partial charge is 0.357 e. The topological polar surface area (TPSA) is 141 Å². The summed E-state index contributed by atoms with van der Waals surface area (Å²) in [6.45, 7) is 0. The van der Waals surface area contributed by atoms with Gasteiger partial charge in [-0.1, -0.05) is 41.9 Å². The first-order chi connectivity index (χ1) is 17.9. The average Bonchev–Trinajstić information content (AvgIpc) is 3.60. The third kappa shape index (κ3) is 6.84. The molecule has 0 fully saturated rings. The molecule has 2 amide bonds. The summed E-state index contributed by atoms with van der Waals surface area (Å²) >= 11 is 7.21. The Bertz CT molecular complexity index is 1420. The van der Waals surface area contributed by atoms with Gasteiger partial charge in [-0.25, -0.2) is 9.78 Å². The Kier molecular flexibility index (Phi) is 8.33. The van der Waals surface area contributed by atoms with Gasteiger partial charge < -0.3 is 15.4 Å². The molecule has 188 valence electrons. The van der Waals surface area contributed by atoms with E-state index >= 15 is 0 Å². The monoisotopic (exact) mass is 537 g/mol. The van der Waals surface area contributed by atoms with Crippen molar-refractivity contribution in [3.05, 3.63) is 88.2 Å². The predicted octanol–water partition coefficient (Wildman–Crippen LogP) is 2.94. The molecule has 0 aliphatic carbocycles. The van der Waals surface area contributed by atoms with Crippen molar-refractivity contribution in [2.24, 2.45) is 0 Å². The van der Waals surface area contributed by atoms with Gasteiger partial charge in [0.2, 0.25) is 11.8 Å². The van der Waals surface area contributed by atoms with E-state index in [0.29, 0.717) is 16.3 Å². The number of hydrogen-bond acceptors (Lipinski definition) is 9.